The van der Waals surface area contributed by atoms with Crippen LogP contribution in [0.2, 0.25) is 0 Å². The van der Waals surface area contributed by atoms with Gasteiger partial charge in [0.1, 0.15) is 0 Å². The quantitative estimate of drug-likeness (QED) is 0.901. The van der Waals surface area contributed by atoms with Gasteiger partial charge < -0.3 is 5.32 Å². The van der Waals surface area contributed by atoms with Crippen LogP contribution >= 0.6 is 0 Å². The number of anilines is 1. The van der Waals surface area contributed by atoms with Crippen molar-refractivity contribution in [2.24, 2.45) is 21.9 Å². The van der Waals surface area contributed by atoms with Gasteiger partial charge in [-0.1, -0.05) is 26.8 Å². The molecule has 4 nitrogen and oxygen atoms in total. The minimum Gasteiger partial charge on any atom is -0.382 e. The van der Waals surface area contributed by atoms with Crippen molar-refractivity contribution in [3.63, 3.8) is 0 Å². The summed E-state index contributed by atoms with van der Waals surface area (Å²) < 4.78 is 22.9. The van der Waals surface area contributed by atoms with E-state index in [4.69, 9.17) is 5.14 Å². The van der Waals surface area contributed by atoms with E-state index in [1.54, 1.807) is 12.1 Å². The van der Waals surface area contributed by atoms with Crippen molar-refractivity contribution < 1.29 is 8.42 Å². The van der Waals surface area contributed by atoms with Crippen LogP contribution < -0.4 is 10.5 Å². The Morgan fingerprint density at radius 1 is 1.29 bits per heavy atom. The Morgan fingerprint density at radius 3 is 2.52 bits per heavy atom. The fraction of sp³-hybridized carbons (Fsp3) is 0.625. The van der Waals surface area contributed by atoms with Gasteiger partial charge >= 0.3 is 0 Å². The third-order valence-electron chi connectivity index (χ3n) is 6.30. The molecular weight excluding hydrogens is 284 g/mol. The number of benzene rings is 1. The van der Waals surface area contributed by atoms with Crippen molar-refractivity contribution in [3.8, 4) is 0 Å². The monoisotopic (exact) mass is 308 g/mol. The Bertz CT molecular complexity index is 669. The zero-order valence-electron chi connectivity index (χ0n) is 12.9. The van der Waals surface area contributed by atoms with Crippen molar-refractivity contribution >= 4 is 15.7 Å². The second kappa shape index (κ2) is 4.46. The average Bonchev–Trinajstić information content (AvgIpc) is 2.71. The lowest BCUT2D eigenvalue weighted by molar-refractivity contribution is 0.142. The summed E-state index contributed by atoms with van der Waals surface area (Å²) in [6, 6.07) is 7.21. The Morgan fingerprint density at radius 2 is 2.00 bits per heavy atom. The number of fused-ring (bicyclic) bond motifs is 2. The molecule has 0 heterocycles. The van der Waals surface area contributed by atoms with Gasteiger partial charge in [-0.05, 0) is 54.2 Å². The van der Waals surface area contributed by atoms with E-state index in [2.05, 4.69) is 26.1 Å². The fourth-order valence-corrected chi connectivity index (χ4v) is 4.95. The predicted molar refractivity (Wildman–Crippen MR) is 84.5 cm³/mol. The van der Waals surface area contributed by atoms with Crippen LogP contribution in [0.4, 0.5) is 5.69 Å². The molecule has 2 fully saturated rings. The van der Waals surface area contributed by atoms with Crippen LogP contribution in [0.5, 0.6) is 0 Å². The lowest BCUT2D eigenvalue weighted by Gasteiger charge is -2.40. The van der Waals surface area contributed by atoms with Gasteiger partial charge in [-0.25, -0.2) is 13.6 Å². The van der Waals surface area contributed by atoms with Crippen molar-refractivity contribution in [3.05, 3.63) is 24.3 Å². The lowest BCUT2D eigenvalue weighted by Crippen LogP contribution is -2.40. The number of nitrogens with one attached hydrogen (secondary N) is 1. The number of hydrogen-bond acceptors (Lipinski definition) is 3. The van der Waals surface area contributed by atoms with Crippen molar-refractivity contribution in [2.75, 3.05) is 5.32 Å². The van der Waals surface area contributed by atoms with Crippen LogP contribution in [-0.4, -0.2) is 14.5 Å². The SMILES string of the molecule is CC1(C)C2CCC1(C)C(Nc1cccc(S(N)(=O)=O)c1)C2. The van der Waals surface area contributed by atoms with Crippen LogP contribution in [-0.2, 0) is 10.0 Å². The first-order chi connectivity index (χ1) is 9.64. The van der Waals surface area contributed by atoms with Crippen LogP contribution in [0, 0.1) is 16.7 Å². The molecule has 2 bridgehead atoms. The zero-order valence-corrected chi connectivity index (χ0v) is 13.7. The van der Waals surface area contributed by atoms with Crippen LogP contribution in [0.3, 0.4) is 0 Å². The summed E-state index contributed by atoms with van der Waals surface area (Å²) in [5.41, 5.74) is 1.44. The van der Waals surface area contributed by atoms with E-state index < -0.39 is 10.0 Å². The van der Waals surface area contributed by atoms with Gasteiger partial charge in [-0.15, -0.1) is 0 Å². The largest absolute Gasteiger partial charge is 0.382 e. The summed E-state index contributed by atoms with van der Waals surface area (Å²) in [6.07, 6.45) is 3.69. The number of primary sulfonamides is 1. The number of rotatable bonds is 3. The highest BCUT2D eigenvalue weighted by molar-refractivity contribution is 7.89. The molecule has 5 heteroatoms. The molecule has 0 saturated heterocycles. The van der Waals surface area contributed by atoms with Crippen LogP contribution in [0.1, 0.15) is 40.0 Å². The standard InChI is InChI=1S/C16H24N2O2S/c1-15(2)11-7-8-16(15,3)14(9-11)18-12-5-4-6-13(10-12)21(17,19)20/h4-6,10-11,14,18H,7-9H2,1-3H3,(H2,17,19,20). The van der Waals surface area contributed by atoms with Crippen LogP contribution in [0.15, 0.2) is 29.2 Å². The molecule has 1 aromatic rings. The van der Waals surface area contributed by atoms with Gasteiger partial charge in [0.15, 0.2) is 0 Å². The third kappa shape index (κ3) is 2.18. The Kier molecular flexibility index (Phi) is 3.16. The van der Waals surface area contributed by atoms with Crippen molar-refractivity contribution in [1.82, 2.24) is 0 Å². The molecule has 0 amide bonds. The molecule has 3 N–H and O–H groups in total. The van der Waals surface area contributed by atoms with E-state index in [9.17, 15) is 8.42 Å². The van der Waals surface area contributed by atoms with Gasteiger partial charge in [0, 0.05) is 11.7 Å². The summed E-state index contributed by atoms with van der Waals surface area (Å²) >= 11 is 0. The Hall–Kier alpha value is -1.07. The van der Waals surface area contributed by atoms with Gasteiger partial charge in [0.25, 0.3) is 0 Å². The first kappa shape index (κ1) is 14.9. The number of nitrogens with two attached hydrogens (primary N) is 1. The molecule has 2 saturated carbocycles. The van der Waals surface area contributed by atoms with Crippen LogP contribution in [0.25, 0.3) is 0 Å². The highest BCUT2D eigenvalue weighted by atomic mass is 32.2. The molecule has 21 heavy (non-hydrogen) atoms. The molecule has 0 spiro atoms. The molecule has 2 aliphatic carbocycles. The summed E-state index contributed by atoms with van der Waals surface area (Å²) in [7, 11) is -3.65. The van der Waals surface area contributed by atoms with E-state index in [1.165, 1.54) is 18.9 Å². The smallest absolute Gasteiger partial charge is 0.238 e. The van der Waals surface area contributed by atoms with Gasteiger partial charge in [-0.2, -0.15) is 0 Å². The van der Waals surface area contributed by atoms with Crippen molar-refractivity contribution in [1.29, 1.82) is 0 Å². The average molecular weight is 308 g/mol. The summed E-state index contributed by atoms with van der Waals surface area (Å²) in [5.74, 6) is 0.751. The molecule has 3 atom stereocenters. The Balaban J connectivity index is 1.86. The molecule has 2 aliphatic rings. The van der Waals surface area contributed by atoms with E-state index >= 15 is 0 Å². The Labute approximate surface area is 127 Å². The van der Waals surface area contributed by atoms with Gasteiger partial charge in [0.05, 0.1) is 4.90 Å². The highest BCUT2D eigenvalue weighted by Gasteiger charge is 2.61. The maximum atomic E-state index is 11.5. The maximum Gasteiger partial charge on any atom is 0.238 e. The maximum absolute atomic E-state index is 11.5. The molecule has 0 aromatic heterocycles. The van der Waals surface area contributed by atoms with E-state index in [1.807, 2.05) is 6.07 Å². The first-order valence-electron chi connectivity index (χ1n) is 7.54. The first-order valence-corrected chi connectivity index (χ1v) is 9.09. The molecular formula is C16H24N2O2S. The topological polar surface area (TPSA) is 72.2 Å². The summed E-state index contributed by atoms with van der Waals surface area (Å²) in [6.45, 7) is 7.10. The highest BCUT2D eigenvalue weighted by Crippen LogP contribution is 2.65. The minimum atomic E-state index is -3.65. The molecule has 0 aliphatic heterocycles. The second-order valence-electron chi connectivity index (χ2n) is 7.38. The number of sulfonamides is 1. The molecule has 3 unspecified atom stereocenters. The fourth-order valence-electron chi connectivity index (χ4n) is 4.39. The lowest BCUT2D eigenvalue weighted by atomic mass is 9.69. The van der Waals surface area contributed by atoms with E-state index in [-0.39, 0.29) is 10.3 Å². The van der Waals surface area contributed by atoms with E-state index in [0.717, 1.165) is 18.0 Å². The zero-order chi connectivity index (χ0) is 15.5. The molecule has 116 valence electrons. The summed E-state index contributed by atoms with van der Waals surface area (Å²) in [5, 5.41) is 8.77. The minimum absolute atomic E-state index is 0.167. The second-order valence-corrected chi connectivity index (χ2v) is 8.94. The molecule has 3 rings (SSSR count). The van der Waals surface area contributed by atoms with Gasteiger partial charge in [-0.3, -0.25) is 0 Å². The third-order valence-corrected chi connectivity index (χ3v) is 7.21. The molecule has 0 radical (unpaired) electrons. The normalized spacial score (nSPS) is 34.1. The molecule has 1 aromatic carbocycles. The van der Waals surface area contributed by atoms with E-state index in [0.29, 0.717) is 11.5 Å². The number of hydrogen-bond donors (Lipinski definition) is 2. The summed E-state index contributed by atoms with van der Waals surface area (Å²) in [4.78, 5) is 0.167. The van der Waals surface area contributed by atoms with Crippen molar-refractivity contribution in [2.45, 2.75) is 51.0 Å². The van der Waals surface area contributed by atoms with Gasteiger partial charge in [0.2, 0.25) is 10.0 Å². The predicted octanol–water partition coefficient (Wildman–Crippen LogP) is 2.96.